The quantitative estimate of drug-likeness (QED) is 0.714. The van der Waals surface area contributed by atoms with Crippen LogP contribution in [-0.4, -0.2) is 54.4 Å². The van der Waals surface area contributed by atoms with E-state index in [1.165, 1.54) is 0 Å². The van der Waals surface area contributed by atoms with Gasteiger partial charge in [0.2, 0.25) is 0 Å². The van der Waals surface area contributed by atoms with Crippen LogP contribution in [0.4, 0.5) is 0 Å². The van der Waals surface area contributed by atoms with Crippen LogP contribution in [0, 0.1) is 5.92 Å². The molecule has 0 saturated carbocycles. The van der Waals surface area contributed by atoms with Gasteiger partial charge in [0.15, 0.2) is 0 Å². The highest BCUT2D eigenvalue weighted by Crippen LogP contribution is 2.28. The number of hydrogen-bond acceptors (Lipinski definition) is 5. The van der Waals surface area contributed by atoms with E-state index in [1.807, 2.05) is 0 Å². The van der Waals surface area contributed by atoms with E-state index in [-0.39, 0.29) is 6.10 Å². The third-order valence-corrected chi connectivity index (χ3v) is 3.51. The number of halogens is 1. The molecular weight excluding hydrogens is 339 g/mol. The van der Waals surface area contributed by atoms with E-state index in [0.29, 0.717) is 12.5 Å². The van der Waals surface area contributed by atoms with Gasteiger partial charge in [-0.3, -0.25) is 0 Å². The molecule has 0 radical (unpaired) electrons. The predicted molar refractivity (Wildman–Crippen MR) is 70.9 cm³/mol. The maximum Gasteiger partial charge on any atom is 0.127 e. The van der Waals surface area contributed by atoms with Crippen LogP contribution in [0.1, 0.15) is 20.3 Å². The van der Waals surface area contributed by atoms with Gasteiger partial charge < -0.3 is 22.8 Å². The normalized spacial score (nSPS) is 38.6. The fraction of sp³-hybridized carbons (Fsp3) is 1.00. The van der Waals surface area contributed by atoms with Gasteiger partial charge in [0.05, 0.1) is 12.7 Å². The molecule has 6 heteroatoms. The van der Waals surface area contributed by atoms with Gasteiger partial charge in [-0.15, -0.1) is 0 Å². The van der Waals surface area contributed by atoms with Crippen LogP contribution in [0.3, 0.4) is 0 Å². The lowest BCUT2D eigenvalue weighted by Gasteiger charge is -2.42. The van der Waals surface area contributed by atoms with Crippen LogP contribution in [0.2, 0.25) is 0 Å². The van der Waals surface area contributed by atoms with E-state index in [2.05, 4.69) is 13.8 Å². The van der Waals surface area contributed by atoms with Crippen molar-refractivity contribution >= 4 is 23.0 Å². The Morgan fingerprint density at radius 3 is 2.29 bits per heavy atom. The summed E-state index contributed by atoms with van der Waals surface area (Å²) in [5, 5.41) is 20.1. The topological polar surface area (TPSA) is 68.2 Å². The minimum atomic E-state index is -0.870. The summed E-state index contributed by atoms with van der Waals surface area (Å²) >= 11 is 1.70. The smallest absolute Gasteiger partial charge is 0.127 e. The SMILES string of the molecule is COCC1OC(CC(C)C)C(O)C(OI)C1O. The Morgan fingerprint density at radius 1 is 1.24 bits per heavy atom. The second-order valence-corrected chi connectivity index (χ2v) is 5.34. The van der Waals surface area contributed by atoms with E-state index in [0.717, 1.165) is 6.42 Å². The summed E-state index contributed by atoms with van der Waals surface area (Å²) in [6.45, 7) is 4.41. The van der Waals surface area contributed by atoms with Crippen molar-refractivity contribution in [2.45, 2.75) is 50.8 Å². The molecule has 0 aromatic rings. The lowest BCUT2D eigenvalue weighted by Crippen LogP contribution is -2.59. The molecule has 1 aliphatic rings. The molecular formula is C11H21IO5. The number of methoxy groups -OCH3 is 1. The Hall–Kier alpha value is 0.530. The molecule has 0 aliphatic carbocycles. The second-order valence-electron chi connectivity index (χ2n) is 4.83. The largest absolute Gasteiger partial charge is 0.388 e. The van der Waals surface area contributed by atoms with E-state index >= 15 is 0 Å². The molecule has 1 saturated heterocycles. The van der Waals surface area contributed by atoms with Crippen molar-refractivity contribution in [2.75, 3.05) is 13.7 Å². The van der Waals surface area contributed by atoms with Crippen LogP contribution in [0.15, 0.2) is 0 Å². The van der Waals surface area contributed by atoms with Crippen molar-refractivity contribution in [1.82, 2.24) is 0 Å². The maximum atomic E-state index is 10.1. The predicted octanol–water partition coefficient (Wildman–Crippen LogP) is 0.903. The van der Waals surface area contributed by atoms with E-state index in [1.54, 1.807) is 30.1 Å². The standard InChI is InChI=1S/C11H21IO5/c1-6(2)4-7-9(13)11(17-12)10(14)8(16-7)5-15-3/h6-11,13-14H,4-5H2,1-3H3. The van der Waals surface area contributed by atoms with Gasteiger partial charge in [0.1, 0.15) is 47.4 Å². The van der Waals surface area contributed by atoms with Crippen molar-refractivity contribution < 1.29 is 22.8 Å². The summed E-state index contributed by atoms with van der Waals surface area (Å²) in [6, 6.07) is 0. The van der Waals surface area contributed by atoms with Crippen molar-refractivity contribution in [3.05, 3.63) is 0 Å². The summed E-state index contributed by atoms with van der Waals surface area (Å²) in [4.78, 5) is 0. The minimum absolute atomic E-state index is 0.291. The fourth-order valence-corrected chi connectivity index (χ4v) is 2.68. The highest BCUT2D eigenvalue weighted by Gasteiger charge is 2.45. The molecule has 5 atom stereocenters. The summed E-state index contributed by atoms with van der Waals surface area (Å²) < 4.78 is 15.8. The van der Waals surface area contributed by atoms with Crippen molar-refractivity contribution in [1.29, 1.82) is 0 Å². The monoisotopic (exact) mass is 360 g/mol. The van der Waals surface area contributed by atoms with E-state index in [9.17, 15) is 10.2 Å². The van der Waals surface area contributed by atoms with Crippen LogP contribution >= 0.6 is 23.0 Å². The summed E-state index contributed by atoms with van der Waals surface area (Å²) in [5.74, 6) is 0.406. The number of hydrogen-bond donors (Lipinski definition) is 2. The van der Waals surface area contributed by atoms with Gasteiger partial charge in [0, 0.05) is 7.11 Å². The van der Waals surface area contributed by atoms with E-state index in [4.69, 9.17) is 12.5 Å². The third-order valence-electron chi connectivity index (χ3n) is 2.92. The molecule has 17 heavy (non-hydrogen) atoms. The van der Waals surface area contributed by atoms with Crippen LogP contribution < -0.4 is 0 Å². The number of aliphatic hydroxyl groups is 2. The van der Waals surface area contributed by atoms with Crippen molar-refractivity contribution in [3.63, 3.8) is 0 Å². The second kappa shape index (κ2) is 7.20. The van der Waals surface area contributed by atoms with Crippen molar-refractivity contribution in [3.8, 4) is 0 Å². The molecule has 0 spiro atoms. The maximum absolute atomic E-state index is 10.1. The van der Waals surface area contributed by atoms with Gasteiger partial charge >= 0.3 is 0 Å². The zero-order valence-corrected chi connectivity index (χ0v) is 12.5. The molecule has 5 unspecified atom stereocenters. The molecule has 5 nitrogen and oxygen atoms in total. The molecule has 0 amide bonds. The molecule has 1 heterocycles. The number of ether oxygens (including phenoxy) is 2. The Morgan fingerprint density at radius 2 is 1.82 bits per heavy atom. The molecule has 1 aliphatic heterocycles. The van der Waals surface area contributed by atoms with Crippen LogP contribution in [0.5, 0.6) is 0 Å². The molecule has 0 aromatic carbocycles. The van der Waals surface area contributed by atoms with Crippen LogP contribution in [0.25, 0.3) is 0 Å². The fourth-order valence-electron chi connectivity index (χ4n) is 2.08. The Balaban J connectivity index is 2.72. The Kier molecular flexibility index (Phi) is 6.60. The van der Waals surface area contributed by atoms with Crippen molar-refractivity contribution in [2.24, 2.45) is 5.92 Å². The first kappa shape index (κ1) is 15.6. The molecule has 102 valence electrons. The lowest BCUT2D eigenvalue weighted by molar-refractivity contribution is -0.221. The third kappa shape index (κ3) is 4.00. The zero-order chi connectivity index (χ0) is 13.0. The lowest BCUT2D eigenvalue weighted by atomic mass is 9.91. The average molecular weight is 360 g/mol. The van der Waals surface area contributed by atoms with Gasteiger partial charge in [0.25, 0.3) is 0 Å². The Bertz CT molecular complexity index is 226. The average Bonchev–Trinajstić information content (AvgIpc) is 2.25. The highest BCUT2D eigenvalue weighted by atomic mass is 127. The number of rotatable bonds is 5. The molecule has 2 N–H and O–H groups in total. The minimum Gasteiger partial charge on any atom is -0.388 e. The van der Waals surface area contributed by atoms with Gasteiger partial charge in [-0.05, 0) is 12.3 Å². The summed E-state index contributed by atoms with van der Waals surface area (Å²) in [5.41, 5.74) is 0. The first-order valence-electron chi connectivity index (χ1n) is 5.79. The molecule has 0 bridgehead atoms. The van der Waals surface area contributed by atoms with Gasteiger partial charge in [-0.25, -0.2) is 0 Å². The molecule has 1 fully saturated rings. The first-order valence-corrected chi connectivity index (χ1v) is 6.67. The van der Waals surface area contributed by atoms with Crippen LogP contribution in [-0.2, 0) is 12.5 Å². The van der Waals surface area contributed by atoms with E-state index < -0.39 is 24.4 Å². The summed E-state index contributed by atoms with van der Waals surface area (Å²) in [7, 11) is 1.55. The summed E-state index contributed by atoms with van der Waals surface area (Å²) in [6.07, 6.45) is -2.36. The Labute approximate surface area is 116 Å². The zero-order valence-electron chi connectivity index (χ0n) is 10.4. The highest BCUT2D eigenvalue weighted by molar-refractivity contribution is 14.1. The number of aliphatic hydroxyl groups excluding tert-OH is 2. The first-order chi connectivity index (χ1) is 8.01. The molecule has 1 rings (SSSR count). The van der Waals surface area contributed by atoms with Gasteiger partial charge in [-0.2, -0.15) is 0 Å². The molecule has 0 aromatic heterocycles. The van der Waals surface area contributed by atoms with Gasteiger partial charge in [-0.1, -0.05) is 13.8 Å².